The normalized spacial score (nSPS) is 12.0. The molecule has 0 unspecified atom stereocenters. The molecular weight excluding hydrogens is 335 g/mol. The first kappa shape index (κ1) is 16.2. The van der Waals surface area contributed by atoms with Gasteiger partial charge in [-0.2, -0.15) is 4.31 Å². The van der Waals surface area contributed by atoms with Crippen LogP contribution in [0.4, 0.5) is 0 Å². The zero-order valence-corrected chi connectivity index (χ0v) is 13.8. The highest BCUT2D eigenvalue weighted by atomic mass is 35.5. The summed E-state index contributed by atoms with van der Waals surface area (Å²) in [6, 6.07) is 2.82. The summed E-state index contributed by atoms with van der Waals surface area (Å²) in [5, 5.41) is 7.98. The molecule has 1 aromatic carbocycles. The van der Waals surface area contributed by atoms with Gasteiger partial charge in [0.05, 0.1) is 4.90 Å². The number of aromatic nitrogens is 3. The van der Waals surface area contributed by atoms with Crippen LogP contribution < -0.4 is 0 Å². The maximum Gasteiger partial charge on any atom is 0.242 e. The van der Waals surface area contributed by atoms with E-state index in [1.165, 1.54) is 36.1 Å². The summed E-state index contributed by atoms with van der Waals surface area (Å²) in [6.07, 6.45) is 3.06. The van der Waals surface area contributed by atoms with Gasteiger partial charge in [-0.1, -0.05) is 23.2 Å². The zero-order chi connectivity index (χ0) is 15.6. The van der Waals surface area contributed by atoms with Crippen LogP contribution in [0.5, 0.6) is 0 Å². The predicted molar refractivity (Wildman–Crippen MR) is 81.0 cm³/mol. The molecule has 2 rings (SSSR count). The molecule has 114 valence electrons. The van der Waals surface area contributed by atoms with Gasteiger partial charge in [-0.3, -0.25) is 0 Å². The number of likely N-dealkylation sites (N-methyl/N-ethyl adjacent to an activating group) is 1. The lowest BCUT2D eigenvalue weighted by Gasteiger charge is -2.18. The van der Waals surface area contributed by atoms with E-state index in [-0.39, 0.29) is 11.4 Å². The molecule has 0 aliphatic heterocycles. The van der Waals surface area contributed by atoms with Gasteiger partial charge in [-0.25, -0.2) is 8.42 Å². The molecule has 0 saturated carbocycles. The Hall–Kier alpha value is -1.15. The minimum Gasteiger partial charge on any atom is -0.319 e. The standard InChI is InChI=1S/C12H14Cl2N4O2S/c1-9-11(13)5-10(6-12(9)14)21(19,20)17(2)3-4-18-7-15-16-8-18/h5-8H,3-4H2,1-2H3. The van der Waals surface area contributed by atoms with Crippen molar-refractivity contribution in [3.05, 3.63) is 40.4 Å². The smallest absolute Gasteiger partial charge is 0.242 e. The molecule has 0 atom stereocenters. The molecule has 0 aliphatic rings. The molecule has 1 aromatic heterocycles. The molecule has 2 aromatic rings. The van der Waals surface area contributed by atoms with E-state index in [0.717, 1.165) is 0 Å². The largest absolute Gasteiger partial charge is 0.319 e. The van der Waals surface area contributed by atoms with Crippen molar-refractivity contribution in [3.8, 4) is 0 Å². The molecule has 0 fully saturated rings. The Labute approximate surface area is 133 Å². The first-order chi connectivity index (χ1) is 9.82. The molecule has 0 radical (unpaired) electrons. The average molecular weight is 349 g/mol. The van der Waals surface area contributed by atoms with Crippen LogP contribution in [-0.2, 0) is 16.6 Å². The second-order valence-corrected chi connectivity index (χ2v) is 7.40. The lowest BCUT2D eigenvalue weighted by molar-refractivity contribution is 0.445. The number of rotatable bonds is 5. The maximum atomic E-state index is 12.5. The molecule has 6 nitrogen and oxygen atoms in total. The molecule has 0 aliphatic carbocycles. The Balaban J connectivity index is 2.20. The summed E-state index contributed by atoms with van der Waals surface area (Å²) in [4.78, 5) is 0.0781. The highest BCUT2D eigenvalue weighted by Crippen LogP contribution is 2.28. The summed E-state index contributed by atoms with van der Waals surface area (Å²) >= 11 is 12.0. The summed E-state index contributed by atoms with van der Waals surface area (Å²) in [7, 11) is -2.14. The van der Waals surface area contributed by atoms with Gasteiger partial charge in [0.15, 0.2) is 0 Å². The van der Waals surface area contributed by atoms with Gasteiger partial charge in [0.2, 0.25) is 10.0 Å². The van der Waals surface area contributed by atoms with Gasteiger partial charge in [-0.05, 0) is 24.6 Å². The van der Waals surface area contributed by atoms with Crippen molar-refractivity contribution >= 4 is 33.2 Å². The number of hydrogen-bond acceptors (Lipinski definition) is 4. The van der Waals surface area contributed by atoms with Crippen molar-refractivity contribution < 1.29 is 8.42 Å². The maximum absolute atomic E-state index is 12.5. The Morgan fingerprint density at radius 2 is 1.71 bits per heavy atom. The third-order valence-electron chi connectivity index (χ3n) is 3.10. The van der Waals surface area contributed by atoms with Crippen LogP contribution in [0.2, 0.25) is 10.0 Å². The topological polar surface area (TPSA) is 68.1 Å². The number of sulfonamides is 1. The molecule has 0 saturated heterocycles. The minimum absolute atomic E-state index is 0.0781. The molecule has 1 heterocycles. The van der Waals surface area contributed by atoms with E-state index >= 15 is 0 Å². The van der Waals surface area contributed by atoms with Crippen molar-refractivity contribution in [2.75, 3.05) is 13.6 Å². The van der Waals surface area contributed by atoms with E-state index < -0.39 is 10.0 Å². The van der Waals surface area contributed by atoms with Crippen LogP contribution in [0.1, 0.15) is 5.56 Å². The van der Waals surface area contributed by atoms with Gasteiger partial charge in [-0.15, -0.1) is 10.2 Å². The molecule has 0 amide bonds. The molecule has 0 N–H and O–H groups in total. The number of hydrogen-bond donors (Lipinski definition) is 0. The summed E-state index contributed by atoms with van der Waals surface area (Å²) in [6.45, 7) is 2.47. The highest BCUT2D eigenvalue weighted by molar-refractivity contribution is 7.89. The van der Waals surface area contributed by atoms with E-state index in [1.54, 1.807) is 11.5 Å². The molecule has 9 heteroatoms. The van der Waals surface area contributed by atoms with Gasteiger partial charge >= 0.3 is 0 Å². The van der Waals surface area contributed by atoms with Crippen LogP contribution >= 0.6 is 23.2 Å². The molecule has 0 spiro atoms. The fourth-order valence-electron chi connectivity index (χ4n) is 1.66. The van der Waals surface area contributed by atoms with E-state index in [9.17, 15) is 8.42 Å². The third kappa shape index (κ3) is 3.55. The van der Waals surface area contributed by atoms with Crippen molar-refractivity contribution in [3.63, 3.8) is 0 Å². The van der Waals surface area contributed by atoms with E-state index in [0.29, 0.717) is 22.2 Å². The third-order valence-corrected chi connectivity index (χ3v) is 5.72. The molecular formula is C12H14Cl2N4O2S. The van der Waals surface area contributed by atoms with Crippen LogP contribution in [-0.4, -0.2) is 41.1 Å². The SMILES string of the molecule is Cc1c(Cl)cc(S(=O)(=O)N(C)CCn2cnnc2)cc1Cl. The van der Waals surface area contributed by atoms with Crippen LogP contribution in [0.25, 0.3) is 0 Å². The fourth-order valence-corrected chi connectivity index (χ4v) is 3.50. The van der Waals surface area contributed by atoms with Gasteiger partial charge in [0, 0.05) is 30.2 Å². The van der Waals surface area contributed by atoms with Gasteiger partial charge < -0.3 is 4.57 Å². The number of nitrogens with zero attached hydrogens (tertiary/aromatic N) is 4. The average Bonchev–Trinajstić information content (AvgIpc) is 2.94. The van der Waals surface area contributed by atoms with Crippen molar-refractivity contribution in [1.29, 1.82) is 0 Å². The Morgan fingerprint density at radius 1 is 1.19 bits per heavy atom. The Bertz CT molecular complexity index is 709. The van der Waals surface area contributed by atoms with E-state index in [4.69, 9.17) is 23.2 Å². The second kappa shape index (κ2) is 6.31. The van der Waals surface area contributed by atoms with E-state index in [1.807, 2.05) is 0 Å². The zero-order valence-electron chi connectivity index (χ0n) is 11.5. The fraction of sp³-hybridized carbons (Fsp3) is 0.333. The van der Waals surface area contributed by atoms with Gasteiger partial charge in [0.25, 0.3) is 0 Å². The first-order valence-corrected chi connectivity index (χ1v) is 8.26. The Morgan fingerprint density at radius 3 is 2.24 bits per heavy atom. The predicted octanol–water partition coefficient (Wildman–Crippen LogP) is 2.21. The summed E-state index contributed by atoms with van der Waals surface area (Å²) < 4.78 is 27.9. The van der Waals surface area contributed by atoms with Crippen LogP contribution in [0, 0.1) is 6.92 Å². The molecule has 0 bridgehead atoms. The Kier molecular flexibility index (Phi) is 4.88. The monoisotopic (exact) mass is 348 g/mol. The van der Waals surface area contributed by atoms with E-state index in [2.05, 4.69) is 10.2 Å². The van der Waals surface area contributed by atoms with Crippen molar-refractivity contribution in [1.82, 2.24) is 19.1 Å². The van der Waals surface area contributed by atoms with Crippen LogP contribution in [0.3, 0.4) is 0 Å². The molecule has 21 heavy (non-hydrogen) atoms. The van der Waals surface area contributed by atoms with Crippen molar-refractivity contribution in [2.45, 2.75) is 18.4 Å². The first-order valence-electron chi connectivity index (χ1n) is 6.07. The number of benzene rings is 1. The number of halogens is 2. The van der Waals surface area contributed by atoms with Gasteiger partial charge in [0.1, 0.15) is 12.7 Å². The van der Waals surface area contributed by atoms with Crippen molar-refractivity contribution in [2.24, 2.45) is 0 Å². The lowest BCUT2D eigenvalue weighted by atomic mass is 10.2. The summed E-state index contributed by atoms with van der Waals surface area (Å²) in [5.41, 5.74) is 0.657. The summed E-state index contributed by atoms with van der Waals surface area (Å²) in [5.74, 6) is 0. The van der Waals surface area contributed by atoms with Crippen LogP contribution in [0.15, 0.2) is 29.7 Å². The second-order valence-electron chi connectivity index (χ2n) is 4.54. The highest BCUT2D eigenvalue weighted by Gasteiger charge is 2.22. The lowest BCUT2D eigenvalue weighted by Crippen LogP contribution is -2.30. The minimum atomic E-state index is -3.64. The quantitative estimate of drug-likeness (QED) is 0.830.